The normalized spacial score (nSPS) is 9.90. The minimum Gasteiger partial charge on any atom is -0.332 e. The minimum absolute atomic E-state index is 0.114. The van der Waals surface area contributed by atoms with Gasteiger partial charge in [-0.25, -0.2) is 4.39 Å². The van der Waals surface area contributed by atoms with E-state index in [0.717, 1.165) is 4.47 Å². The molecule has 3 nitrogen and oxygen atoms in total. The fraction of sp³-hybridized carbons (Fsp3) is 0. The Morgan fingerprint density at radius 3 is 2.50 bits per heavy atom. The summed E-state index contributed by atoms with van der Waals surface area (Å²) in [5.41, 5.74) is 0.961. The van der Waals surface area contributed by atoms with Crippen molar-refractivity contribution in [3.8, 4) is 0 Å². The molecular weight excluding hydrogens is 343 g/mol. The van der Waals surface area contributed by atoms with Gasteiger partial charge in [0.05, 0.1) is 0 Å². The maximum atomic E-state index is 13.0. The van der Waals surface area contributed by atoms with Gasteiger partial charge < -0.3 is 5.32 Å². The van der Waals surface area contributed by atoms with Crippen LogP contribution in [-0.4, -0.2) is 11.0 Å². The number of hydrogen-bond donors (Lipinski definition) is 2. The molecule has 0 fully saturated rings. The molecule has 0 aliphatic heterocycles. The van der Waals surface area contributed by atoms with Gasteiger partial charge in [0.25, 0.3) is 5.91 Å². The summed E-state index contributed by atoms with van der Waals surface area (Å²) in [5.74, 6) is -0.705. The van der Waals surface area contributed by atoms with Gasteiger partial charge in [0, 0.05) is 15.7 Å². The van der Waals surface area contributed by atoms with Crippen molar-refractivity contribution in [2.45, 2.75) is 0 Å². The highest BCUT2D eigenvalue weighted by atomic mass is 79.9. The van der Waals surface area contributed by atoms with E-state index in [1.54, 1.807) is 36.4 Å². The summed E-state index contributed by atoms with van der Waals surface area (Å²) in [6.45, 7) is 0. The van der Waals surface area contributed by atoms with E-state index in [4.69, 9.17) is 12.2 Å². The van der Waals surface area contributed by atoms with Gasteiger partial charge in [-0.05, 0) is 54.7 Å². The number of carbonyl (C=O) groups excluding carboxylic acids is 1. The van der Waals surface area contributed by atoms with Crippen LogP contribution in [0.3, 0.4) is 0 Å². The van der Waals surface area contributed by atoms with Crippen molar-refractivity contribution in [3.63, 3.8) is 0 Å². The van der Waals surface area contributed by atoms with Crippen molar-refractivity contribution in [3.05, 3.63) is 64.4 Å². The van der Waals surface area contributed by atoms with E-state index in [9.17, 15) is 9.18 Å². The van der Waals surface area contributed by atoms with Gasteiger partial charge in [-0.15, -0.1) is 0 Å². The van der Waals surface area contributed by atoms with E-state index in [0.29, 0.717) is 11.3 Å². The van der Waals surface area contributed by atoms with Crippen molar-refractivity contribution in [2.24, 2.45) is 0 Å². The first-order valence-electron chi connectivity index (χ1n) is 5.68. The molecule has 1 amide bonds. The third-order valence-electron chi connectivity index (χ3n) is 2.42. The molecule has 2 aromatic carbocycles. The summed E-state index contributed by atoms with van der Waals surface area (Å²) in [7, 11) is 0. The summed E-state index contributed by atoms with van der Waals surface area (Å²) >= 11 is 8.30. The van der Waals surface area contributed by atoms with E-state index in [-0.39, 0.29) is 16.8 Å². The average molecular weight is 353 g/mol. The Labute approximate surface area is 129 Å². The van der Waals surface area contributed by atoms with Crippen LogP contribution in [0.2, 0.25) is 0 Å². The van der Waals surface area contributed by atoms with Gasteiger partial charge >= 0.3 is 0 Å². The third kappa shape index (κ3) is 4.11. The fourth-order valence-electron chi connectivity index (χ4n) is 1.51. The highest BCUT2D eigenvalue weighted by molar-refractivity contribution is 9.10. The minimum atomic E-state index is -0.378. The topological polar surface area (TPSA) is 41.1 Å². The first kappa shape index (κ1) is 14.6. The molecule has 0 heterocycles. The number of carbonyl (C=O) groups is 1. The summed E-state index contributed by atoms with van der Waals surface area (Å²) < 4.78 is 13.9. The lowest BCUT2D eigenvalue weighted by Crippen LogP contribution is -2.34. The number of rotatable bonds is 2. The highest BCUT2D eigenvalue weighted by Crippen LogP contribution is 2.11. The number of benzene rings is 2. The van der Waals surface area contributed by atoms with Crippen LogP contribution in [0.4, 0.5) is 10.1 Å². The van der Waals surface area contributed by atoms with E-state index >= 15 is 0 Å². The second kappa shape index (κ2) is 6.58. The first-order chi connectivity index (χ1) is 9.54. The van der Waals surface area contributed by atoms with E-state index in [1.165, 1.54) is 12.1 Å². The Hall–Kier alpha value is -1.79. The molecule has 0 radical (unpaired) electrons. The molecule has 0 saturated heterocycles. The Kier molecular flexibility index (Phi) is 4.81. The molecule has 0 aliphatic rings. The van der Waals surface area contributed by atoms with Crippen LogP contribution < -0.4 is 10.6 Å². The van der Waals surface area contributed by atoms with Crippen molar-refractivity contribution in [1.82, 2.24) is 5.32 Å². The first-order valence-corrected chi connectivity index (χ1v) is 6.88. The largest absolute Gasteiger partial charge is 0.332 e. The molecule has 102 valence electrons. The Balaban J connectivity index is 1.97. The van der Waals surface area contributed by atoms with Crippen molar-refractivity contribution in [1.29, 1.82) is 0 Å². The molecule has 6 heteroatoms. The van der Waals surface area contributed by atoms with Crippen molar-refractivity contribution in [2.75, 3.05) is 5.32 Å². The van der Waals surface area contributed by atoms with Crippen LogP contribution in [0.5, 0.6) is 0 Å². The number of thiocarbonyl (C=S) groups is 1. The number of nitrogens with one attached hydrogen (secondary N) is 2. The Morgan fingerprint density at radius 2 is 1.85 bits per heavy atom. The monoisotopic (exact) mass is 352 g/mol. The van der Waals surface area contributed by atoms with Crippen LogP contribution in [-0.2, 0) is 0 Å². The van der Waals surface area contributed by atoms with Gasteiger partial charge in [-0.2, -0.15) is 0 Å². The van der Waals surface area contributed by atoms with Crippen LogP contribution in [0.15, 0.2) is 53.0 Å². The molecule has 0 aliphatic carbocycles. The predicted octanol–water partition coefficient (Wildman–Crippen LogP) is 3.72. The highest BCUT2D eigenvalue weighted by Gasteiger charge is 2.07. The quantitative estimate of drug-likeness (QED) is 0.809. The lowest BCUT2D eigenvalue weighted by Gasteiger charge is -2.09. The zero-order valence-electron chi connectivity index (χ0n) is 10.2. The van der Waals surface area contributed by atoms with Gasteiger partial charge in [0.2, 0.25) is 0 Å². The third-order valence-corrected chi connectivity index (χ3v) is 3.15. The molecular formula is C14H10BrFN2OS. The molecule has 0 atom stereocenters. The van der Waals surface area contributed by atoms with E-state index < -0.39 is 0 Å². The summed E-state index contributed by atoms with van der Waals surface area (Å²) in [4.78, 5) is 11.9. The van der Waals surface area contributed by atoms with Crippen LogP contribution in [0.25, 0.3) is 0 Å². The predicted molar refractivity (Wildman–Crippen MR) is 84.2 cm³/mol. The van der Waals surface area contributed by atoms with Crippen molar-refractivity contribution < 1.29 is 9.18 Å². The molecule has 0 spiro atoms. The second-order valence-corrected chi connectivity index (χ2v) is 5.25. The molecule has 2 N–H and O–H groups in total. The number of halogens is 2. The zero-order valence-corrected chi connectivity index (χ0v) is 12.6. The molecule has 2 aromatic rings. The van der Waals surface area contributed by atoms with E-state index in [1.807, 2.05) is 0 Å². The van der Waals surface area contributed by atoms with Gasteiger partial charge in [0.1, 0.15) is 5.82 Å². The van der Waals surface area contributed by atoms with Gasteiger partial charge in [-0.3, -0.25) is 10.1 Å². The van der Waals surface area contributed by atoms with Crippen LogP contribution in [0.1, 0.15) is 10.4 Å². The SMILES string of the molecule is O=C(NC(=S)Nc1cccc(F)c1)c1ccc(Br)cc1. The van der Waals surface area contributed by atoms with Crippen molar-refractivity contribution >= 4 is 44.9 Å². The van der Waals surface area contributed by atoms with Gasteiger partial charge in [-0.1, -0.05) is 22.0 Å². The molecule has 2 rings (SSSR count). The maximum Gasteiger partial charge on any atom is 0.257 e. The average Bonchev–Trinajstić information content (AvgIpc) is 2.39. The fourth-order valence-corrected chi connectivity index (χ4v) is 1.98. The summed E-state index contributed by atoms with van der Waals surface area (Å²) in [5, 5.41) is 5.39. The van der Waals surface area contributed by atoms with Gasteiger partial charge in [0.15, 0.2) is 5.11 Å². The lowest BCUT2D eigenvalue weighted by molar-refractivity contribution is 0.0977. The molecule has 0 unspecified atom stereocenters. The molecule has 0 bridgehead atoms. The van der Waals surface area contributed by atoms with Crippen LogP contribution in [0, 0.1) is 5.82 Å². The number of hydrogen-bond acceptors (Lipinski definition) is 2. The maximum absolute atomic E-state index is 13.0. The molecule has 20 heavy (non-hydrogen) atoms. The lowest BCUT2D eigenvalue weighted by atomic mass is 10.2. The van der Waals surface area contributed by atoms with E-state index in [2.05, 4.69) is 26.6 Å². The number of anilines is 1. The summed E-state index contributed by atoms with van der Waals surface area (Å²) in [6.07, 6.45) is 0. The number of amides is 1. The van der Waals surface area contributed by atoms with Crippen LogP contribution >= 0.6 is 28.1 Å². The Bertz CT molecular complexity index is 646. The Morgan fingerprint density at radius 1 is 1.15 bits per heavy atom. The summed E-state index contributed by atoms with van der Waals surface area (Å²) in [6, 6.07) is 12.7. The smallest absolute Gasteiger partial charge is 0.257 e. The zero-order chi connectivity index (χ0) is 14.5. The molecule has 0 saturated carbocycles. The molecule has 0 aromatic heterocycles. The second-order valence-electron chi connectivity index (χ2n) is 3.93. The standard InChI is InChI=1S/C14H10BrFN2OS/c15-10-6-4-9(5-7-10)13(19)18-14(20)17-12-3-1-2-11(16)8-12/h1-8H,(H2,17,18,19,20).